The number of nitrogens with zero attached hydrogens (tertiary/aromatic N) is 2. The summed E-state index contributed by atoms with van der Waals surface area (Å²) in [7, 11) is 0. The van der Waals surface area contributed by atoms with Gasteiger partial charge in [0.1, 0.15) is 24.0 Å². The summed E-state index contributed by atoms with van der Waals surface area (Å²) in [6.45, 7) is 7.88. The molecular weight excluding hydrogens is 386 g/mol. The van der Waals surface area contributed by atoms with Crippen LogP contribution in [0.2, 0.25) is 0 Å². The predicted octanol–water partition coefficient (Wildman–Crippen LogP) is 2.42. The molecule has 3 aliphatic rings. The number of amides is 3. The van der Waals surface area contributed by atoms with Crippen LogP contribution >= 0.6 is 0 Å². The van der Waals surface area contributed by atoms with Crippen LogP contribution in [0, 0.1) is 0 Å². The number of anilines is 1. The van der Waals surface area contributed by atoms with E-state index >= 15 is 0 Å². The van der Waals surface area contributed by atoms with Crippen LogP contribution in [0.15, 0.2) is 18.2 Å². The second-order valence-electron chi connectivity index (χ2n) is 9.12. The third-order valence-corrected chi connectivity index (χ3v) is 5.78. The van der Waals surface area contributed by atoms with E-state index in [1.807, 2.05) is 43.9 Å². The maximum Gasteiger partial charge on any atom is 0.410 e. The molecule has 0 aliphatic carbocycles. The highest BCUT2D eigenvalue weighted by atomic mass is 16.6. The van der Waals surface area contributed by atoms with Crippen molar-refractivity contribution in [3.8, 4) is 5.75 Å². The minimum atomic E-state index is -0.521. The van der Waals surface area contributed by atoms with Crippen molar-refractivity contribution in [3.05, 3.63) is 23.8 Å². The van der Waals surface area contributed by atoms with E-state index in [0.717, 1.165) is 23.4 Å². The smallest absolute Gasteiger partial charge is 0.410 e. The van der Waals surface area contributed by atoms with Gasteiger partial charge in [-0.05, 0) is 39.7 Å². The molecule has 30 heavy (non-hydrogen) atoms. The first-order valence-electron chi connectivity index (χ1n) is 10.6. The van der Waals surface area contributed by atoms with Crippen molar-refractivity contribution < 1.29 is 23.9 Å². The summed E-state index contributed by atoms with van der Waals surface area (Å²) in [5.74, 6) is 0.465. The lowest BCUT2D eigenvalue weighted by Crippen LogP contribution is -2.54. The fourth-order valence-electron chi connectivity index (χ4n) is 4.42. The Bertz CT molecular complexity index is 863. The van der Waals surface area contributed by atoms with Gasteiger partial charge in [0.05, 0.1) is 12.2 Å². The van der Waals surface area contributed by atoms with E-state index in [4.69, 9.17) is 9.47 Å². The zero-order valence-corrected chi connectivity index (χ0v) is 17.8. The molecule has 3 heterocycles. The van der Waals surface area contributed by atoms with Crippen LogP contribution in [0.5, 0.6) is 5.75 Å². The van der Waals surface area contributed by atoms with Crippen molar-refractivity contribution in [2.45, 2.75) is 57.6 Å². The van der Waals surface area contributed by atoms with Crippen molar-refractivity contribution in [1.29, 1.82) is 0 Å². The fourth-order valence-corrected chi connectivity index (χ4v) is 4.42. The SMILES string of the molecule is CC(C)(C)OC(=O)N1CC[C@@H](c2cccc3c2OCCN3C2CCC(=O)NC2=O)C1. The lowest BCUT2D eigenvalue weighted by atomic mass is 9.95. The minimum absolute atomic E-state index is 0.147. The van der Waals surface area contributed by atoms with Crippen LogP contribution in [0.3, 0.4) is 0 Å². The quantitative estimate of drug-likeness (QED) is 0.747. The third-order valence-electron chi connectivity index (χ3n) is 5.78. The Morgan fingerprint density at radius 1 is 1.20 bits per heavy atom. The van der Waals surface area contributed by atoms with Crippen molar-refractivity contribution >= 4 is 23.6 Å². The van der Waals surface area contributed by atoms with E-state index in [1.165, 1.54) is 0 Å². The number of ether oxygens (including phenoxy) is 2. The van der Waals surface area contributed by atoms with Crippen molar-refractivity contribution in [3.63, 3.8) is 0 Å². The number of fused-ring (bicyclic) bond motifs is 1. The van der Waals surface area contributed by atoms with Gasteiger partial charge in [-0.3, -0.25) is 14.9 Å². The third kappa shape index (κ3) is 4.08. The van der Waals surface area contributed by atoms with Gasteiger partial charge in [0.25, 0.3) is 0 Å². The molecule has 1 aromatic rings. The number of rotatable bonds is 2. The molecule has 0 saturated carbocycles. The second-order valence-corrected chi connectivity index (χ2v) is 9.12. The minimum Gasteiger partial charge on any atom is -0.489 e. The Balaban J connectivity index is 1.54. The number of piperidine rings is 1. The molecule has 2 atom stereocenters. The van der Waals surface area contributed by atoms with Gasteiger partial charge in [0.15, 0.2) is 0 Å². The first-order valence-corrected chi connectivity index (χ1v) is 10.6. The van der Waals surface area contributed by atoms with Gasteiger partial charge < -0.3 is 19.3 Å². The van der Waals surface area contributed by atoms with E-state index in [2.05, 4.69) is 5.32 Å². The fraction of sp³-hybridized carbons (Fsp3) is 0.591. The Kier molecular flexibility index (Phi) is 5.34. The molecule has 1 unspecified atom stereocenters. The Morgan fingerprint density at radius 3 is 2.73 bits per heavy atom. The molecule has 0 aromatic heterocycles. The molecule has 1 N–H and O–H groups in total. The molecule has 3 aliphatic heterocycles. The molecule has 0 spiro atoms. The Morgan fingerprint density at radius 2 is 2.00 bits per heavy atom. The molecule has 1 aromatic carbocycles. The monoisotopic (exact) mass is 415 g/mol. The number of imide groups is 1. The molecule has 8 nitrogen and oxygen atoms in total. The van der Waals surface area contributed by atoms with Crippen LogP contribution in [0.25, 0.3) is 0 Å². The Labute approximate surface area is 176 Å². The zero-order chi connectivity index (χ0) is 21.5. The van der Waals surface area contributed by atoms with Crippen molar-refractivity contribution in [2.75, 3.05) is 31.1 Å². The highest BCUT2D eigenvalue weighted by Gasteiger charge is 2.37. The van der Waals surface area contributed by atoms with Gasteiger partial charge >= 0.3 is 6.09 Å². The molecule has 0 bridgehead atoms. The molecule has 4 rings (SSSR count). The average molecular weight is 415 g/mol. The second kappa shape index (κ2) is 7.81. The zero-order valence-electron chi connectivity index (χ0n) is 17.8. The van der Waals surface area contributed by atoms with Gasteiger partial charge in [0, 0.05) is 31.0 Å². The maximum atomic E-state index is 12.4. The summed E-state index contributed by atoms with van der Waals surface area (Å²) < 4.78 is 11.6. The number of hydrogen-bond acceptors (Lipinski definition) is 6. The van der Waals surface area contributed by atoms with Crippen molar-refractivity contribution in [1.82, 2.24) is 10.2 Å². The first kappa shape index (κ1) is 20.5. The largest absolute Gasteiger partial charge is 0.489 e. The molecule has 8 heteroatoms. The average Bonchev–Trinajstić information content (AvgIpc) is 3.16. The summed E-state index contributed by atoms with van der Waals surface area (Å²) in [5.41, 5.74) is 1.41. The maximum absolute atomic E-state index is 12.4. The van der Waals surface area contributed by atoms with Gasteiger partial charge in [0.2, 0.25) is 11.8 Å². The summed E-state index contributed by atoms with van der Waals surface area (Å²) >= 11 is 0. The molecule has 162 valence electrons. The summed E-state index contributed by atoms with van der Waals surface area (Å²) in [5, 5.41) is 2.45. The topological polar surface area (TPSA) is 88.2 Å². The highest BCUT2D eigenvalue weighted by molar-refractivity contribution is 6.02. The van der Waals surface area contributed by atoms with Crippen LogP contribution in [0.1, 0.15) is 51.5 Å². The highest BCUT2D eigenvalue weighted by Crippen LogP contribution is 2.42. The lowest BCUT2D eigenvalue weighted by molar-refractivity contribution is -0.134. The molecule has 3 amide bonds. The molecule has 0 radical (unpaired) electrons. The van der Waals surface area contributed by atoms with Gasteiger partial charge in [-0.15, -0.1) is 0 Å². The van der Waals surface area contributed by atoms with E-state index in [-0.39, 0.29) is 29.9 Å². The van der Waals surface area contributed by atoms with Crippen LogP contribution in [0.4, 0.5) is 10.5 Å². The predicted molar refractivity (Wildman–Crippen MR) is 111 cm³/mol. The number of hydrogen-bond donors (Lipinski definition) is 1. The number of para-hydroxylation sites is 1. The number of likely N-dealkylation sites (tertiary alicyclic amines) is 1. The lowest BCUT2D eigenvalue weighted by Gasteiger charge is -2.39. The summed E-state index contributed by atoms with van der Waals surface area (Å²) in [4.78, 5) is 40.2. The van der Waals surface area contributed by atoms with Gasteiger partial charge in [-0.1, -0.05) is 12.1 Å². The Hall–Kier alpha value is -2.77. The number of nitrogens with one attached hydrogen (secondary N) is 1. The van der Waals surface area contributed by atoms with E-state index < -0.39 is 5.60 Å². The molecule has 2 fully saturated rings. The normalized spacial score (nSPS) is 24.2. The van der Waals surface area contributed by atoms with E-state index in [1.54, 1.807) is 4.90 Å². The van der Waals surface area contributed by atoms with Crippen LogP contribution in [-0.2, 0) is 14.3 Å². The van der Waals surface area contributed by atoms with Crippen LogP contribution < -0.4 is 15.0 Å². The standard InChI is InChI=1S/C22H29N3O5/c1-22(2,3)30-21(28)24-10-9-14(13-24)15-5-4-6-16-19(15)29-12-11-25(16)17-7-8-18(26)23-20(17)27/h4-6,14,17H,7-13H2,1-3H3,(H,23,26,27)/t14-,17?/m1/s1. The van der Waals surface area contributed by atoms with Crippen molar-refractivity contribution in [2.24, 2.45) is 0 Å². The summed E-state index contributed by atoms with van der Waals surface area (Å²) in [6.07, 6.45) is 1.39. The summed E-state index contributed by atoms with van der Waals surface area (Å²) in [6, 6.07) is 5.60. The molecule has 2 saturated heterocycles. The number of benzene rings is 1. The van der Waals surface area contributed by atoms with Gasteiger partial charge in [-0.2, -0.15) is 0 Å². The first-order chi connectivity index (χ1) is 14.2. The number of carbonyl (C=O) groups is 3. The number of carbonyl (C=O) groups excluding carboxylic acids is 3. The van der Waals surface area contributed by atoms with Crippen LogP contribution in [-0.4, -0.2) is 60.7 Å². The van der Waals surface area contributed by atoms with Gasteiger partial charge in [-0.25, -0.2) is 4.79 Å². The molecular formula is C22H29N3O5. The van der Waals surface area contributed by atoms with E-state index in [9.17, 15) is 14.4 Å². The van der Waals surface area contributed by atoms with E-state index in [0.29, 0.717) is 39.1 Å².